The monoisotopic (exact) mass is 247 g/mol. The third kappa shape index (κ3) is 4.79. The van der Waals surface area contributed by atoms with E-state index < -0.39 is 0 Å². The van der Waals surface area contributed by atoms with E-state index in [1.54, 1.807) is 7.11 Å². The zero-order valence-corrected chi connectivity index (χ0v) is 11.1. The van der Waals surface area contributed by atoms with Gasteiger partial charge in [0.2, 0.25) is 0 Å². The molecule has 0 aliphatic carbocycles. The summed E-state index contributed by atoms with van der Waals surface area (Å²) in [5.74, 6) is 3.32. The van der Waals surface area contributed by atoms with Gasteiger partial charge in [0.05, 0.1) is 6.61 Å². The van der Waals surface area contributed by atoms with Crippen LogP contribution >= 0.6 is 0 Å². The van der Waals surface area contributed by atoms with Crippen molar-refractivity contribution in [2.75, 3.05) is 20.3 Å². The Balaban J connectivity index is 2.57. The average Bonchev–Trinajstić information content (AvgIpc) is 2.42. The van der Waals surface area contributed by atoms with Gasteiger partial charge in [-0.3, -0.25) is 0 Å². The van der Waals surface area contributed by atoms with Gasteiger partial charge in [-0.25, -0.2) is 0 Å². The van der Waals surface area contributed by atoms with Crippen molar-refractivity contribution < 1.29 is 9.47 Å². The maximum atomic E-state index is 5.50. The van der Waals surface area contributed by atoms with E-state index in [1.807, 2.05) is 24.3 Å². The molecule has 1 N–H and O–H groups in total. The van der Waals surface area contributed by atoms with Crippen LogP contribution in [0.4, 0.5) is 0 Å². The van der Waals surface area contributed by atoms with Gasteiger partial charge in [-0.2, -0.15) is 0 Å². The SMILES string of the molecule is C#CCOc1ccccc1CNC(CC)COC. The lowest BCUT2D eigenvalue weighted by molar-refractivity contribution is 0.163. The number of hydrogen-bond acceptors (Lipinski definition) is 3. The number of methoxy groups -OCH3 is 1. The van der Waals surface area contributed by atoms with Crippen LogP contribution in [0.1, 0.15) is 18.9 Å². The Morgan fingerprint density at radius 1 is 1.39 bits per heavy atom. The van der Waals surface area contributed by atoms with E-state index in [-0.39, 0.29) is 0 Å². The van der Waals surface area contributed by atoms with Gasteiger partial charge in [0, 0.05) is 25.3 Å². The summed E-state index contributed by atoms with van der Waals surface area (Å²) in [5.41, 5.74) is 1.11. The Bertz CT molecular complexity index is 384. The van der Waals surface area contributed by atoms with Crippen LogP contribution in [0, 0.1) is 12.3 Å². The van der Waals surface area contributed by atoms with E-state index in [0.717, 1.165) is 24.3 Å². The number of nitrogens with one attached hydrogen (secondary N) is 1. The third-order valence-corrected chi connectivity index (χ3v) is 2.73. The molecule has 0 aliphatic heterocycles. The first-order chi connectivity index (χ1) is 8.81. The summed E-state index contributed by atoms with van der Waals surface area (Å²) in [6, 6.07) is 8.28. The lowest BCUT2D eigenvalue weighted by atomic mass is 10.1. The van der Waals surface area contributed by atoms with Crippen LogP contribution in [-0.2, 0) is 11.3 Å². The van der Waals surface area contributed by atoms with Crippen molar-refractivity contribution in [3.05, 3.63) is 29.8 Å². The van der Waals surface area contributed by atoms with Gasteiger partial charge in [-0.05, 0) is 12.5 Å². The topological polar surface area (TPSA) is 30.5 Å². The van der Waals surface area contributed by atoms with Crippen molar-refractivity contribution in [3.8, 4) is 18.1 Å². The maximum absolute atomic E-state index is 5.50. The standard InChI is InChI=1S/C15H21NO2/c1-4-10-18-15-9-7-6-8-13(15)11-16-14(5-2)12-17-3/h1,6-9,14,16H,5,10-12H2,2-3H3. The van der Waals surface area contributed by atoms with Crippen LogP contribution in [0.2, 0.25) is 0 Å². The van der Waals surface area contributed by atoms with E-state index in [9.17, 15) is 0 Å². The molecule has 0 saturated carbocycles. The summed E-state index contributed by atoms with van der Waals surface area (Å²) >= 11 is 0. The Labute approximate surface area is 109 Å². The Kier molecular flexibility index (Phi) is 6.93. The summed E-state index contributed by atoms with van der Waals surface area (Å²) in [7, 11) is 1.72. The molecule has 1 rings (SSSR count). The molecule has 1 aromatic carbocycles. The van der Waals surface area contributed by atoms with Crippen LogP contribution in [0.25, 0.3) is 0 Å². The molecule has 98 valence electrons. The molecule has 0 bridgehead atoms. The van der Waals surface area contributed by atoms with Crippen LogP contribution in [0.15, 0.2) is 24.3 Å². The van der Waals surface area contributed by atoms with Crippen LogP contribution < -0.4 is 10.1 Å². The molecule has 3 heteroatoms. The minimum absolute atomic E-state index is 0.298. The molecule has 0 heterocycles. The predicted octanol–water partition coefficient (Wildman–Crippen LogP) is 2.21. The fraction of sp³-hybridized carbons (Fsp3) is 0.467. The summed E-state index contributed by atoms with van der Waals surface area (Å²) in [6.07, 6.45) is 6.23. The summed E-state index contributed by atoms with van der Waals surface area (Å²) < 4.78 is 10.7. The third-order valence-electron chi connectivity index (χ3n) is 2.73. The molecule has 0 aliphatic rings. The van der Waals surface area contributed by atoms with E-state index >= 15 is 0 Å². The first-order valence-electron chi connectivity index (χ1n) is 6.18. The van der Waals surface area contributed by atoms with Crippen molar-refractivity contribution in [1.29, 1.82) is 0 Å². The van der Waals surface area contributed by atoms with Gasteiger partial charge in [0.25, 0.3) is 0 Å². The van der Waals surface area contributed by atoms with Crippen LogP contribution in [0.5, 0.6) is 5.75 Å². The van der Waals surface area contributed by atoms with Crippen molar-refractivity contribution in [2.24, 2.45) is 0 Å². The number of hydrogen-bond donors (Lipinski definition) is 1. The molecule has 0 aromatic heterocycles. The van der Waals surface area contributed by atoms with Gasteiger partial charge < -0.3 is 14.8 Å². The van der Waals surface area contributed by atoms with Gasteiger partial charge in [-0.15, -0.1) is 6.42 Å². The Morgan fingerprint density at radius 3 is 2.83 bits per heavy atom. The Morgan fingerprint density at radius 2 is 2.17 bits per heavy atom. The molecule has 0 amide bonds. The van der Waals surface area contributed by atoms with Crippen LogP contribution in [0.3, 0.4) is 0 Å². The molecule has 18 heavy (non-hydrogen) atoms. The van der Waals surface area contributed by atoms with E-state index in [1.165, 1.54) is 0 Å². The molecule has 1 aromatic rings. The lowest BCUT2D eigenvalue weighted by Gasteiger charge is -2.17. The van der Waals surface area contributed by atoms with Gasteiger partial charge in [0.1, 0.15) is 12.4 Å². The minimum atomic E-state index is 0.298. The number of rotatable bonds is 8. The minimum Gasteiger partial charge on any atom is -0.481 e. The second kappa shape index (κ2) is 8.57. The maximum Gasteiger partial charge on any atom is 0.148 e. The lowest BCUT2D eigenvalue weighted by Crippen LogP contribution is -2.32. The van der Waals surface area contributed by atoms with Gasteiger partial charge in [0.15, 0.2) is 0 Å². The van der Waals surface area contributed by atoms with Crippen molar-refractivity contribution >= 4 is 0 Å². The number of para-hydroxylation sites is 1. The second-order valence-corrected chi connectivity index (χ2v) is 4.04. The van der Waals surface area contributed by atoms with Crippen molar-refractivity contribution in [3.63, 3.8) is 0 Å². The smallest absolute Gasteiger partial charge is 0.148 e. The zero-order chi connectivity index (χ0) is 13.2. The average molecular weight is 247 g/mol. The van der Waals surface area contributed by atoms with E-state index in [0.29, 0.717) is 19.3 Å². The first kappa shape index (κ1) is 14.6. The highest BCUT2D eigenvalue weighted by atomic mass is 16.5. The summed E-state index contributed by atoms with van der Waals surface area (Å²) in [6.45, 7) is 3.90. The molecule has 0 radical (unpaired) electrons. The first-order valence-corrected chi connectivity index (χ1v) is 6.18. The highest BCUT2D eigenvalue weighted by Gasteiger charge is 2.07. The highest BCUT2D eigenvalue weighted by Crippen LogP contribution is 2.17. The number of benzene rings is 1. The largest absolute Gasteiger partial charge is 0.481 e. The molecular weight excluding hydrogens is 226 g/mol. The van der Waals surface area contributed by atoms with Crippen molar-refractivity contribution in [1.82, 2.24) is 5.32 Å². The fourth-order valence-electron chi connectivity index (χ4n) is 1.69. The number of terminal acetylenes is 1. The Hall–Kier alpha value is -1.50. The summed E-state index contributed by atoms with van der Waals surface area (Å²) in [5, 5.41) is 3.45. The normalized spacial score (nSPS) is 11.8. The van der Waals surface area contributed by atoms with Gasteiger partial charge >= 0.3 is 0 Å². The molecule has 3 nitrogen and oxygen atoms in total. The molecule has 0 saturated heterocycles. The van der Waals surface area contributed by atoms with Crippen LogP contribution in [-0.4, -0.2) is 26.4 Å². The van der Waals surface area contributed by atoms with E-state index in [2.05, 4.69) is 18.2 Å². The highest BCUT2D eigenvalue weighted by molar-refractivity contribution is 5.33. The fourth-order valence-corrected chi connectivity index (χ4v) is 1.69. The second-order valence-electron chi connectivity index (χ2n) is 4.04. The van der Waals surface area contributed by atoms with Crippen molar-refractivity contribution in [2.45, 2.75) is 25.9 Å². The molecule has 0 spiro atoms. The zero-order valence-electron chi connectivity index (χ0n) is 11.1. The predicted molar refractivity (Wildman–Crippen MR) is 73.6 cm³/mol. The molecular formula is C15H21NO2. The quantitative estimate of drug-likeness (QED) is 0.714. The number of ether oxygens (including phenoxy) is 2. The summed E-state index contributed by atoms with van der Waals surface area (Å²) in [4.78, 5) is 0. The molecule has 1 atom stereocenters. The van der Waals surface area contributed by atoms with E-state index in [4.69, 9.17) is 15.9 Å². The van der Waals surface area contributed by atoms with Gasteiger partial charge in [-0.1, -0.05) is 31.0 Å². The molecule has 0 fully saturated rings. The molecule has 1 unspecified atom stereocenters.